The lowest BCUT2D eigenvalue weighted by Gasteiger charge is -2.11. The van der Waals surface area contributed by atoms with E-state index < -0.39 is 0 Å². The van der Waals surface area contributed by atoms with Crippen molar-refractivity contribution in [3.63, 3.8) is 0 Å². The fraction of sp³-hybridized carbons (Fsp3) is 0.286. The van der Waals surface area contributed by atoms with Gasteiger partial charge in [0.25, 0.3) is 0 Å². The maximum absolute atomic E-state index is 6.26. The monoisotopic (exact) mass is 358 g/mol. The van der Waals surface area contributed by atoms with Crippen molar-refractivity contribution in [3.05, 3.63) is 44.9 Å². The Labute approximate surface area is 131 Å². The van der Waals surface area contributed by atoms with Crippen LogP contribution >= 0.6 is 39.1 Å². The van der Waals surface area contributed by atoms with E-state index in [0.717, 1.165) is 16.5 Å². The molecule has 0 fully saturated rings. The van der Waals surface area contributed by atoms with E-state index in [1.165, 1.54) is 0 Å². The molecule has 0 N–H and O–H groups in total. The number of benzene rings is 1. The van der Waals surface area contributed by atoms with E-state index in [9.17, 15) is 0 Å². The maximum Gasteiger partial charge on any atom is 0.142 e. The lowest BCUT2D eigenvalue weighted by molar-refractivity contribution is 0.679. The van der Waals surface area contributed by atoms with E-state index in [-0.39, 0.29) is 5.92 Å². The number of aromatic nitrogens is 2. The van der Waals surface area contributed by atoms with Gasteiger partial charge >= 0.3 is 0 Å². The molecule has 0 spiro atoms. The van der Waals surface area contributed by atoms with Crippen LogP contribution in [0.25, 0.3) is 11.1 Å². The fourth-order valence-electron chi connectivity index (χ4n) is 1.68. The van der Waals surface area contributed by atoms with E-state index in [4.69, 9.17) is 23.2 Å². The zero-order valence-electron chi connectivity index (χ0n) is 10.6. The van der Waals surface area contributed by atoms with Gasteiger partial charge < -0.3 is 0 Å². The largest absolute Gasteiger partial charge is 0.220 e. The summed E-state index contributed by atoms with van der Waals surface area (Å²) in [5.41, 5.74) is 1.59. The third-order valence-electron chi connectivity index (χ3n) is 3.02. The Morgan fingerprint density at radius 2 is 1.63 bits per heavy atom. The van der Waals surface area contributed by atoms with Crippen molar-refractivity contribution in [2.45, 2.75) is 26.2 Å². The zero-order valence-corrected chi connectivity index (χ0v) is 13.7. The van der Waals surface area contributed by atoms with Crippen LogP contribution in [0.4, 0.5) is 0 Å². The Morgan fingerprint density at radius 3 is 2.11 bits per heavy atom. The van der Waals surface area contributed by atoms with Crippen LogP contribution in [0.3, 0.4) is 0 Å². The highest BCUT2D eigenvalue weighted by Crippen LogP contribution is 2.34. The van der Waals surface area contributed by atoms with E-state index in [0.29, 0.717) is 21.7 Å². The normalized spacial score (nSPS) is 12.5. The van der Waals surface area contributed by atoms with Gasteiger partial charge in [-0.05, 0) is 24.1 Å². The van der Waals surface area contributed by atoms with Gasteiger partial charge in [0.15, 0.2) is 0 Å². The van der Waals surface area contributed by atoms with Crippen LogP contribution in [0.5, 0.6) is 0 Å². The molecule has 1 aromatic carbocycles. The van der Waals surface area contributed by atoms with Gasteiger partial charge in [-0.2, -0.15) is 0 Å². The minimum absolute atomic E-state index is 0.244. The minimum Gasteiger partial charge on any atom is -0.220 e. The molecule has 0 saturated heterocycles. The van der Waals surface area contributed by atoms with Crippen LogP contribution < -0.4 is 0 Å². The molecule has 1 atom stereocenters. The number of halogens is 3. The second-order valence-electron chi connectivity index (χ2n) is 4.35. The molecule has 2 nitrogen and oxygen atoms in total. The Kier molecular flexibility index (Phi) is 4.82. The quantitative estimate of drug-likeness (QED) is 0.654. The van der Waals surface area contributed by atoms with Gasteiger partial charge in [0.2, 0.25) is 0 Å². The van der Waals surface area contributed by atoms with Crippen LogP contribution in [0.1, 0.15) is 32.0 Å². The predicted octanol–water partition coefficient (Wildman–Crippen LogP) is 5.73. The summed E-state index contributed by atoms with van der Waals surface area (Å²) in [5.74, 6) is 0.937. The highest BCUT2D eigenvalue weighted by Gasteiger charge is 2.16. The molecule has 0 bridgehead atoms. The van der Waals surface area contributed by atoms with Crippen molar-refractivity contribution in [1.29, 1.82) is 0 Å². The number of hydrogen-bond acceptors (Lipinski definition) is 2. The third kappa shape index (κ3) is 3.28. The molecule has 0 aliphatic heterocycles. The van der Waals surface area contributed by atoms with Crippen LogP contribution in [0, 0.1) is 0 Å². The van der Waals surface area contributed by atoms with Crippen molar-refractivity contribution in [3.8, 4) is 11.1 Å². The van der Waals surface area contributed by atoms with Gasteiger partial charge in [-0.1, -0.05) is 65.1 Å². The Morgan fingerprint density at radius 1 is 1.11 bits per heavy atom. The predicted molar refractivity (Wildman–Crippen MR) is 83.9 cm³/mol. The summed E-state index contributed by atoms with van der Waals surface area (Å²) in [6, 6.07) is 7.74. The van der Waals surface area contributed by atoms with Gasteiger partial charge in [-0.15, -0.1) is 0 Å². The first kappa shape index (κ1) is 14.8. The average molecular weight is 360 g/mol. The van der Waals surface area contributed by atoms with Gasteiger partial charge in [0.05, 0.1) is 5.56 Å². The van der Waals surface area contributed by atoms with E-state index in [1.807, 2.05) is 24.3 Å². The van der Waals surface area contributed by atoms with Crippen LogP contribution in [0.15, 0.2) is 28.7 Å². The lowest BCUT2D eigenvalue weighted by Crippen LogP contribution is -2.02. The van der Waals surface area contributed by atoms with Crippen LogP contribution in [-0.4, -0.2) is 9.97 Å². The lowest BCUT2D eigenvalue weighted by atomic mass is 10.1. The van der Waals surface area contributed by atoms with Gasteiger partial charge in [-0.3, -0.25) is 0 Å². The van der Waals surface area contributed by atoms with Crippen molar-refractivity contribution < 1.29 is 0 Å². The third-order valence-corrected chi connectivity index (χ3v) is 4.10. The summed E-state index contributed by atoms with van der Waals surface area (Å²) in [4.78, 5) is 8.72. The summed E-state index contributed by atoms with van der Waals surface area (Å²) in [6.07, 6.45) is 0.949. The van der Waals surface area contributed by atoms with E-state index >= 15 is 0 Å². The van der Waals surface area contributed by atoms with Crippen LogP contribution in [0.2, 0.25) is 10.3 Å². The molecular formula is C14H13BrCl2N2. The molecule has 0 radical (unpaired) electrons. The van der Waals surface area contributed by atoms with Crippen molar-refractivity contribution in [2.24, 2.45) is 0 Å². The molecule has 0 amide bonds. The molecular weight excluding hydrogens is 347 g/mol. The highest BCUT2D eigenvalue weighted by molar-refractivity contribution is 9.10. The molecule has 100 valence electrons. The first-order valence-electron chi connectivity index (χ1n) is 6.01. The SMILES string of the molecule is CCC(C)c1nc(Cl)c(-c2ccc(Br)cc2)c(Cl)n1. The minimum atomic E-state index is 0.244. The Hall–Kier alpha value is -0.640. The smallest absolute Gasteiger partial charge is 0.142 e. The molecule has 19 heavy (non-hydrogen) atoms. The Balaban J connectivity index is 2.50. The fourth-order valence-corrected chi connectivity index (χ4v) is 2.56. The molecule has 5 heteroatoms. The molecule has 1 heterocycles. The standard InChI is InChI=1S/C14H13BrCl2N2/c1-3-8(2)14-18-12(16)11(13(17)19-14)9-4-6-10(15)7-5-9/h4-8H,3H2,1-2H3. The molecule has 0 aliphatic carbocycles. The van der Waals surface area contributed by atoms with Gasteiger partial charge in [0, 0.05) is 10.4 Å². The number of hydrogen-bond donors (Lipinski definition) is 0. The summed E-state index contributed by atoms with van der Waals surface area (Å²) in [7, 11) is 0. The van der Waals surface area contributed by atoms with Crippen LogP contribution in [-0.2, 0) is 0 Å². The molecule has 1 unspecified atom stereocenters. The summed E-state index contributed by atoms with van der Waals surface area (Å²) in [5, 5.41) is 0.801. The van der Waals surface area contributed by atoms with Crippen molar-refractivity contribution >= 4 is 39.1 Å². The molecule has 0 saturated carbocycles. The second kappa shape index (κ2) is 6.21. The van der Waals surface area contributed by atoms with Crippen molar-refractivity contribution in [1.82, 2.24) is 9.97 Å². The van der Waals surface area contributed by atoms with E-state index in [1.54, 1.807) is 0 Å². The second-order valence-corrected chi connectivity index (χ2v) is 5.99. The highest BCUT2D eigenvalue weighted by atomic mass is 79.9. The van der Waals surface area contributed by atoms with Gasteiger partial charge in [-0.25, -0.2) is 9.97 Å². The van der Waals surface area contributed by atoms with Gasteiger partial charge in [0.1, 0.15) is 16.1 Å². The first-order chi connectivity index (χ1) is 9.02. The van der Waals surface area contributed by atoms with E-state index in [2.05, 4.69) is 39.7 Å². The molecule has 0 aliphatic rings. The summed E-state index contributed by atoms with van der Waals surface area (Å²) in [6.45, 7) is 4.14. The molecule has 2 aromatic rings. The summed E-state index contributed by atoms with van der Waals surface area (Å²) < 4.78 is 1.00. The molecule has 1 aromatic heterocycles. The number of nitrogens with zero attached hydrogens (tertiary/aromatic N) is 2. The average Bonchev–Trinajstić information content (AvgIpc) is 2.39. The first-order valence-corrected chi connectivity index (χ1v) is 7.56. The topological polar surface area (TPSA) is 25.8 Å². The molecule has 2 rings (SSSR count). The zero-order chi connectivity index (χ0) is 14.0. The number of rotatable bonds is 3. The van der Waals surface area contributed by atoms with Crippen molar-refractivity contribution in [2.75, 3.05) is 0 Å². The Bertz CT molecular complexity index is 561. The maximum atomic E-state index is 6.26. The summed E-state index contributed by atoms with van der Waals surface area (Å²) >= 11 is 15.9.